The maximum Gasteiger partial charge on any atom is 0.322 e. The van der Waals surface area contributed by atoms with Crippen LogP contribution in [0.3, 0.4) is 0 Å². The molecule has 0 fully saturated rings. The van der Waals surface area contributed by atoms with E-state index in [1.165, 1.54) is 7.11 Å². The van der Waals surface area contributed by atoms with Crippen molar-refractivity contribution in [3.05, 3.63) is 39.4 Å². The Morgan fingerprint density at radius 3 is 3.00 bits per heavy atom. The van der Waals surface area contributed by atoms with Crippen LogP contribution in [-0.4, -0.2) is 29.1 Å². The molecular weight excluding hydrogens is 282 g/mol. The maximum absolute atomic E-state index is 11.9. The van der Waals surface area contributed by atoms with E-state index in [2.05, 4.69) is 20.0 Å². The molecular formula is C13H14ClN3O3. The van der Waals surface area contributed by atoms with Crippen molar-refractivity contribution >= 4 is 28.5 Å². The fourth-order valence-electron chi connectivity index (χ4n) is 1.75. The number of carbonyl (C=O) groups excluding carboxylic acids is 1. The summed E-state index contributed by atoms with van der Waals surface area (Å²) in [5.74, 6) is 0.0525. The lowest BCUT2D eigenvalue weighted by atomic mass is 10.2. The first kappa shape index (κ1) is 14.5. The van der Waals surface area contributed by atoms with Crippen LogP contribution in [0.1, 0.15) is 12.7 Å². The minimum Gasteiger partial charge on any atom is -0.468 e. The van der Waals surface area contributed by atoms with Crippen LogP contribution in [0, 0.1) is 0 Å². The van der Waals surface area contributed by atoms with Gasteiger partial charge in [-0.05, 0) is 25.1 Å². The average Bonchev–Trinajstić information content (AvgIpc) is 2.43. The highest BCUT2D eigenvalue weighted by Gasteiger charge is 2.13. The summed E-state index contributed by atoms with van der Waals surface area (Å²) in [4.78, 5) is 30.1. The van der Waals surface area contributed by atoms with E-state index in [9.17, 15) is 9.59 Å². The van der Waals surface area contributed by atoms with E-state index in [-0.39, 0.29) is 18.1 Å². The lowest BCUT2D eigenvalue weighted by Crippen LogP contribution is -2.35. The van der Waals surface area contributed by atoms with Crippen LogP contribution in [-0.2, 0) is 16.1 Å². The molecule has 20 heavy (non-hydrogen) atoms. The molecule has 1 aromatic carbocycles. The molecule has 2 N–H and O–H groups in total. The summed E-state index contributed by atoms with van der Waals surface area (Å²) in [6.07, 6.45) is 0. The van der Waals surface area contributed by atoms with Gasteiger partial charge >= 0.3 is 5.97 Å². The first-order chi connectivity index (χ1) is 9.51. The number of ether oxygens (including phenoxy) is 1. The summed E-state index contributed by atoms with van der Waals surface area (Å²) in [5.41, 5.74) is 0.276. The van der Waals surface area contributed by atoms with Crippen molar-refractivity contribution in [2.75, 3.05) is 7.11 Å². The van der Waals surface area contributed by atoms with Gasteiger partial charge in [-0.2, -0.15) is 0 Å². The second kappa shape index (κ2) is 6.02. The van der Waals surface area contributed by atoms with Gasteiger partial charge in [-0.3, -0.25) is 14.9 Å². The minimum absolute atomic E-state index is 0.241. The molecule has 6 nitrogen and oxygen atoms in total. The number of nitrogens with one attached hydrogen (secondary N) is 2. The number of halogens is 1. The van der Waals surface area contributed by atoms with Gasteiger partial charge in [-0.1, -0.05) is 11.6 Å². The van der Waals surface area contributed by atoms with Crippen LogP contribution in [0.5, 0.6) is 0 Å². The number of benzene rings is 1. The topological polar surface area (TPSA) is 84.1 Å². The number of rotatable bonds is 4. The lowest BCUT2D eigenvalue weighted by Gasteiger charge is -2.11. The number of hydrogen-bond acceptors (Lipinski definition) is 5. The van der Waals surface area contributed by atoms with Crippen LogP contribution in [0.15, 0.2) is 23.0 Å². The van der Waals surface area contributed by atoms with Gasteiger partial charge in [0.05, 0.1) is 24.6 Å². The summed E-state index contributed by atoms with van der Waals surface area (Å²) >= 11 is 5.88. The third-order valence-corrected chi connectivity index (χ3v) is 3.08. The summed E-state index contributed by atoms with van der Waals surface area (Å²) in [7, 11) is 1.32. The molecule has 0 aliphatic carbocycles. The number of methoxy groups -OCH3 is 1. The number of aromatic nitrogens is 2. The zero-order valence-electron chi connectivity index (χ0n) is 11.1. The van der Waals surface area contributed by atoms with Gasteiger partial charge in [0, 0.05) is 5.02 Å². The molecule has 0 spiro atoms. The van der Waals surface area contributed by atoms with Crippen LogP contribution in [0.25, 0.3) is 10.9 Å². The first-order valence-electron chi connectivity index (χ1n) is 6.01. The molecule has 7 heteroatoms. The molecule has 0 bridgehead atoms. The summed E-state index contributed by atoms with van der Waals surface area (Å²) < 4.78 is 4.60. The van der Waals surface area contributed by atoms with Gasteiger partial charge in [0.15, 0.2) is 0 Å². The summed E-state index contributed by atoms with van der Waals surface area (Å²) in [6, 6.07) is 4.40. The molecule has 2 rings (SSSR count). The van der Waals surface area contributed by atoms with Gasteiger partial charge in [-0.15, -0.1) is 0 Å². The number of fused-ring (bicyclic) bond motifs is 1. The van der Waals surface area contributed by atoms with Crippen LogP contribution in [0.2, 0.25) is 5.02 Å². The monoisotopic (exact) mass is 295 g/mol. The molecule has 1 atom stereocenters. The quantitative estimate of drug-likeness (QED) is 0.829. The second-order valence-corrected chi connectivity index (χ2v) is 4.74. The molecule has 2 aromatic rings. The summed E-state index contributed by atoms with van der Waals surface area (Å²) in [6.45, 7) is 1.91. The molecule has 1 heterocycles. The highest BCUT2D eigenvalue weighted by Crippen LogP contribution is 2.14. The van der Waals surface area contributed by atoms with Gasteiger partial charge in [0.2, 0.25) is 0 Å². The Morgan fingerprint density at radius 1 is 1.55 bits per heavy atom. The van der Waals surface area contributed by atoms with Crippen LogP contribution < -0.4 is 10.9 Å². The molecule has 106 valence electrons. The van der Waals surface area contributed by atoms with Crippen LogP contribution >= 0.6 is 11.6 Å². The normalized spacial score (nSPS) is 12.3. The van der Waals surface area contributed by atoms with E-state index in [1.807, 2.05) is 0 Å². The van der Waals surface area contributed by atoms with E-state index in [0.29, 0.717) is 21.7 Å². The molecule has 0 saturated carbocycles. The Hall–Kier alpha value is -1.92. The molecule has 1 unspecified atom stereocenters. The number of carbonyl (C=O) groups is 1. The third kappa shape index (κ3) is 3.15. The zero-order valence-corrected chi connectivity index (χ0v) is 11.8. The van der Waals surface area contributed by atoms with Crippen molar-refractivity contribution in [3.63, 3.8) is 0 Å². The number of nitrogens with zero attached hydrogens (tertiary/aromatic N) is 1. The van der Waals surface area contributed by atoms with Crippen LogP contribution in [0.4, 0.5) is 0 Å². The Bertz CT molecular complexity index is 699. The van der Waals surface area contributed by atoms with Crippen molar-refractivity contribution in [1.29, 1.82) is 0 Å². The van der Waals surface area contributed by atoms with Crippen molar-refractivity contribution in [2.24, 2.45) is 0 Å². The number of aromatic amines is 1. The van der Waals surface area contributed by atoms with E-state index in [4.69, 9.17) is 11.6 Å². The predicted molar refractivity (Wildman–Crippen MR) is 75.7 cm³/mol. The fraction of sp³-hybridized carbons (Fsp3) is 0.308. The highest BCUT2D eigenvalue weighted by molar-refractivity contribution is 6.31. The molecule has 0 aliphatic heterocycles. The Kier molecular flexibility index (Phi) is 4.36. The second-order valence-electron chi connectivity index (χ2n) is 4.30. The molecule has 0 aliphatic rings. The molecule has 0 radical (unpaired) electrons. The first-order valence-corrected chi connectivity index (χ1v) is 6.38. The number of esters is 1. The number of hydrogen-bond donors (Lipinski definition) is 2. The fourth-order valence-corrected chi connectivity index (χ4v) is 1.92. The molecule has 0 amide bonds. The standard InChI is InChI=1S/C13H14ClN3O3/c1-7(13(19)20-2)15-6-11-16-10-5-8(14)3-4-9(10)12(18)17-11/h3-5,7,15H,6H2,1-2H3,(H,16,17,18). The SMILES string of the molecule is COC(=O)C(C)NCc1nc2cc(Cl)ccc2c(=O)[nH]1. The highest BCUT2D eigenvalue weighted by atomic mass is 35.5. The van der Waals surface area contributed by atoms with Gasteiger partial charge in [0.25, 0.3) is 5.56 Å². The largest absolute Gasteiger partial charge is 0.468 e. The van der Waals surface area contributed by atoms with Crippen molar-refractivity contribution < 1.29 is 9.53 Å². The Balaban J connectivity index is 2.23. The lowest BCUT2D eigenvalue weighted by molar-refractivity contribution is -0.142. The average molecular weight is 296 g/mol. The van der Waals surface area contributed by atoms with Gasteiger partial charge in [-0.25, -0.2) is 4.98 Å². The van der Waals surface area contributed by atoms with Crippen molar-refractivity contribution in [3.8, 4) is 0 Å². The number of H-pyrrole nitrogens is 1. The Labute approximate surface area is 120 Å². The minimum atomic E-state index is -0.486. The van der Waals surface area contributed by atoms with Crippen molar-refractivity contribution in [2.45, 2.75) is 19.5 Å². The molecule has 1 aromatic heterocycles. The zero-order chi connectivity index (χ0) is 14.7. The molecule has 0 saturated heterocycles. The van der Waals surface area contributed by atoms with Crippen molar-refractivity contribution in [1.82, 2.24) is 15.3 Å². The van der Waals surface area contributed by atoms with E-state index in [0.717, 1.165) is 0 Å². The van der Waals surface area contributed by atoms with E-state index in [1.54, 1.807) is 25.1 Å². The van der Waals surface area contributed by atoms with E-state index >= 15 is 0 Å². The van der Waals surface area contributed by atoms with Gasteiger partial charge < -0.3 is 9.72 Å². The predicted octanol–water partition coefficient (Wildman–Crippen LogP) is 1.23. The summed E-state index contributed by atoms with van der Waals surface area (Å²) in [5, 5.41) is 3.90. The smallest absolute Gasteiger partial charge is 0.322 e. The maximum atomic E-state index is 11.9. The Morgan fingerprint density at radius 2 is 2.30 bits per heavy atom. The van der Waals surface area contributed by atoms with Gasteiger partial charge in [0.1, 0.15) is 11.9 Å². The van der Waals surface area contributed by atoms with E-state index < -0.39 is 6.04 Å². The third-order valence-electron chi connectivity index (χ3n) is 2.85.